The van der Waals surface area contributed by atoms with E-state index in [2.05, 4.69) is 5.32 Å². The summed E-state index contributed by atoms with van der Waals surface area (Å²) in [6.07, 6.45) is 4.57. The van der Waals surface area contributed by atoms with Crippen LogP contribution in [0.4, 0.5) is 5.00 Å². The van der Waals surface area contributed by atoms with Crippen LogP contribution in [-0.2, 0) is 17.6 Å². The maximum absolute atomic E-state index is 12.2. The second-order valence-electron chi connectivity index (χ2n) is 6.40. The summed E-state index contributed by atoms with van der Waals surface area (Å²) in [5.41, 5.74) is 1.18. The van der Waals surface area contributed by atoms with Crippen LogP contribution in [0, 0.1) is 0 Å². The third-order valence-electron chi connectivity index (χ3n) is 4.51. The molecule has 0 atom stereocenters. The van der Waals surface area contributed by atoms with E-state index in [1.54, 1.807) is 7.11 Å². The number of nitrogens with one attached hydrogen (secondary N) is 1. The normalized spacial score (nSPS) is 12.9. The molecule has 1 amide bonds. The molecule has 0 radical (unpaired) electrons. The summed E-state index contributed by atoms with van der Waals surface area (Å²) >= 11 is 1.40. The van der Waals surface area contributed by atoms with Crippen molar-refractivity contribution in [3.05, 3.63) is 40.3 Å². The highest BCUT2D eigenvalue weighted by Gasteiger charge is 2.25. The maximum atomic E-state index is 12.2. The first-order chi connectivity index (χ1) is 13.1. The Morgan fingerprint density at radius 2 is 1.85 bits per heavy atom. The first-order valence-electron chi connectivity index (χ1n) is 9.03. The molecule has 27 heavy (non-hydrogen) atoms. The molecule has 1 heterocycles. The van der Waals surface area contributed by atoms with E-state index in [0.29, 0.717) is 18.0 Å². The minimum absolute atomic E-state index is 0.186. The van der Waals surface area contributed by atoms with Gasteiger partial charge in [-0.1, -0.05) is 0 Å². The number of aryl methyl sites for hydroxylation is 1. The second kappa shape index (κ2) is 8.90. The van der Waals surface area contributed by atoms with Crippen LogP contribution < -0.4 is 14.8 Å². The van der Waals surface area contributed by atoms with Crippen molar-refractivity contribution in [2.75, 3.05) is 19.0 Å². The SMILES string of the molecule is COc1ccc(OCCCC(=O)Nc2sc3c(c2C(=O)O)CCCC3)cc1. The summed E-state index contributed by atoms with van der Waals surface area (Å²) in [5.74, 6) is 0.326. The van der Waals surface area contributed by atoms with Crippen molar-refractivity contribution < 1.29 is 24.2 Å². The van der Waals surface area contributed by atoms with Crippen molar-refractivity contribution >= 4 is 28.2 Å². The predicted octanol–water partition coefficient (Wildman–Crippen LogP) is 4.13. The number of carbonyl (C=O) groups is 2. The highest BCUT2D eigenvalue weighted by atomic mass is 32.1. The number of methoxy groups -OCH3 is 1. The van der Waals surface area contributed by atoms with Gasteiger partial charge in [0, 0.05) is 11.3 Å². The van der Waals surface area contributed by atoms with Crippen LogP contribution in [0.1, 0.15) is 46.5 Å². The number of thiophene rings is 1. The summed E-state index contributed by atoms with van der Waals surface area (Å²) < 4.78 is 10.7. The topological polar surface area (TPSA) is 84.9 Å². The Morgan fingerprint density at radius 3 is 2.56 bits per heavy atom. The molecule has 144 valence electrons. The molecule has 1 aliphatic carbocycles. The highest BCUT2D eigenvalue weighted by molar-refractivity contribution is 7.17. The Bertz CT molecular complexity index is 813. The molecule has 2 N–H and O–H groups in total. The summed E-state index contributed by atoms with van der Waals surface area (Å²) in [6.45, 7) is 0.409. The first-order valence-corrected chi connectivity index (χ1v) is 9.84. The molecular formula is C20H23NO5S. The first kappa shape index (κ1) is 19.2. The van der Waals surface area contributed by atoms with Gasteiger partial charge < -0.3 is 19.9 Å². The van der Waals surface area contributed by atoms with Crippen molar-refractivity contribution in [3.63, 3.8) is 0 Å². The van der Waals surface area contributed by atoms with Gasteiger partial charge in [0.25, 0.3) is 0 Å². The van der Waals surface area contributed by atoms with Gasteiger partial charge in [-0.25, -0.2) is 4.79 Å². The number of anilines is 1. The molecule has 1 aromatic heterocycles. The van der Waals surface area contributed by atoms with Crippen LogP contribution >= 0.6 is 11.3 Å². The lowest BCUT2D eigenvalue weighted by Gasteiger charge is -2.10. The smallest absolute Gasteiger partial charge is 0.339 e. The molecular weight excluding hydrogens is 366 g/mol. The number of hydrogen-bond donors (Lipinski definition) is 2. The van der Waals surface area contributed by atoms with Gasteiger partial charge in [0.05, 0.1) is 19.3 Å². The van der Waals surface area contributed by atoms with E-state index in [4.69, 9.17) is 9.47 Å². The fourth-order valence-corrected chi connectivity index (χ4v) is 4.46. The van der Waals surface area contributed by atoms with Crippen molar-refractivity contribution in [1.82, 2.24) is 0 Å². The molecule has 1 aliphatic rings. The quantitative estimate of drug-likeness (QED) is 0.663. The Balaban J connectivity index is 1.50. The minimum atomic E-state index is -0.965. The van der Waals surface area contributed by atoms with Crippen LogP contribution in [0.2, 0.25) is 0 Å². The van der Waals surface area contributed by atoms with Crippen molar-refractivity contribution in [2.45, 2.75) is 38.5 Å². The Morgan fingerprint density at radius 1 is 1.15 bits per heavy atom. The summed E-state index contributed by atoms with van der Waals surface area (Å²) in [7, 11) is 1.61. The van der Waals surface area contributed by atoms with Crippen LogP contribution in [-0.4, -0.2) is 30.7 Å². The number of carbonyl (C=O) groups excluding carboxylic acids is 1. The minimum Gasteiger partial charge on any atom is -0.497 e. The number of hydrogen-bond acceptors (Lipinski definition) is 5. The number of benzene rings is 1. The number of aromatic carboxylic acids is 1. The van der Waals surface area contributed by atoms with E-state index < -0.39 is 5.97 Å². The van der Waals surface area contributed by atoms with Gasteiger partial charge >= 0.3 is 5.97 Å². The van der Waals surface area contributed by atoms with Crippen LogP contribution in [0.25, 0.3) is 0 Å². The van der Waals surface area contributed by atoms with Crippen molar-refractivity contribution in [2.24, 2.45) is 0 Å². The summed E-state index contributed by atoms with van der Waals surface area (Å²) in [4.78, 5) is 24.9. The fourth-order valence-electron chi connectivity index (χ4n) is 3.16. The zero-order chi connectivity index (χ0) is 19.2. The molecule has 1 aromatic carbocycles. The largest absolute Gasteiger partial charge is 0.497 e. The number of carboxylic acids is 1. The molecule has 6 nitrogen and oxygen atoms in total. The van der Waals surface area contributed by atoms with E-state index in [0.717, 1.165) is 47.6 Å². The fraction of sp³-hybridized carbons (Fsp3) is 0.400. The lowest BCUT2D eigenvalue weighted by molar-refractivity contribution is -0.116. The zero-order valence-electron chi connectivity index (χ0n) is 15.2. The van der Waals surface area contributed by atoms with Gasteiger partial charge in [-0.05, 0) is 61.9 Å². The molecule has 0 aliphatic heterocycles. The van der Waals surface area contributed by atoms with Crippen LogP contribution in [0.5, 0.6) is 11.5 Å². The Hall–Kier alpha value is -2.54. The molecule has 0 bridgehead atoms. The van der Waals surface area contributed by atoms with Gasteiger partial charge in [0.15, 0.2) is 0 Å². The number of amides is 1. The van der Waals surface area contributed by atoms with Gasteiger partial charge in [-0.3, -0.25) is 4.79 Å². The average Bonchev–Trinajstić information content (AvgIpc) is 3.03. The number of fused-ring (bicyclic) bond motifs is 1. The monoisotopic (exact) mass is 389 g/mol. The van der Waals surface area contributed by atoms with E-state index in [1.165, 1.54) is 11.3 Å². The number of carboxylic acid groups (broad SMARTS) is 1. The van der Waals surface area contributed by atoms with E-state index in [1.807, 2.05) is 24.3 Å². The van der Waals surface area contributed by atoms with Gasteiger partial charge in [-0.15, -0.1) is 11.3 Å². The molecule has 7 heteroatoms. The van der Waals surface area contributed by atoms with Crippen LogP contribution in [0.3, 0.4) is 0 Å². The van der Waals surface area contributed by atoms with Gasteiger partial charge in [0.1, 0.15) is 16.5 Å². The number of rotatable bonds is 8. The van der Waals surface area contributed by atoms with Gasteiger partial charge in [-0.2, -0.15) is 0 Å². The molecule has 3 rings (SSSR count). The van der Waals surface area contributed by atoms with Gasteiger partial charge in [0.2, 0.25) is 5.91 Å². The standard InChI is InChI=1S/C20H23NO5S/c1-25-13-8-10-14(11-9-13)26-12-4-7-17(22)21-19-18(20(23)24)15-5-2-3-6-16(15)27-19/h8-11H,2-7,12H2,1H3,(H,21,22)(H,23,24). The zero-order valence-corrected chi connectivity index (χ0v) is 16.1. The molecule has 0 saturated carbocycles. The molecule has 2 aromatic rings. The Labute approximate surface area is 162 Å². The highest BCUT2D eigenvalue weighted by Crippen LogP contribution is 2.38. The lowest BCUT2D eigenvalue weighted by atomic mass is 9.95. The van der Waals surface area contributed by atoms with E-state index >= 15 is 0 Å². The number of ether oxygens (including phenoxy) is 2. The third kappa shape index (κ3) is 4.80. The molecule has 0 saturated heterocycles. The molecule has 0 spiro atoms. The van der Waals surface area contributed by atoms with Crippen LogP contribution in [0.15, 0.2) is 24.3 Å². The van der Waals surface area contributed by atoms with Crippen molar-refractivity contribution in [1.29, 1.82) is 0 Å². The molecule has 0 unspecified atom stereocenters. The summed E-state index contributed by atoms with van der Waals surface area (Å²) in [5, 5.41) is 12.8. The average molecular weight is 389 g/mol. The lowest BCUT2D eigenvalue weighted by Crippen LogP contribution is -2.14. The Kier molecular flexibility index (Phi) is 6.34. The van der Waals surface area contributed by atoms with Crippen molar-refractivity contribution in [3.8, 4) is 11.5 Å². The predicted molar refractivity (Wildman–Crippen MR) is 104 cm³/mol. The third-order valence-corrected chi connectivity index (χ3v) is 5.72. The van der Waals surface area contributed by atoms with E-state index in [-0.39, 0.29) is 17.9 Å². The maximum Gasteiger partial charge on any atom is 0.339 e. The summed E-state index contributed by atoms with van der Waals surface area (Å²) in [6, 6.07) is 7.25. The van der Waals surface area contributed by atoms with E-state index in [9.17, 15) is 14.7 Å². The second-order valence-corrected chi connectivity index (χ2v) is 7.50. The molecule has 0 fully saturated rings.